The molecule has 1 aromatic carbocycles. The Morgan fingerprint density at radius 1 is 1.40 bits per heavy atom. The first kappa shape index (κ1) is 14.5. The van der Waals surface area contributed by atoms with Crippen LogP contribution in [-0.2, 0) is 6.54 Å². The lowest BCUT2D eigenvalue weighted by atomic mass is 10.1. The molecule has 0 aliphatic carbocycles. The molecule has 1 heterocycles. The number of nitrogens with one attached hydrogen (secondary N) is 1. The largest absolute Gasteiger partial charge is 0.496 e. The molecule has 5 heteroatoms. The summed E-state index contributed by atoms with van der Waals surface area (Å²) in [6.45, 7) is 3.58. The zero-order valence-electron chi connectivity index (χ0n) is 11.8. The van der Waals surface area contributed by atoms with Crippen LogP contribution in [0.3, 0.4) is 0 Å². The highest BCUT2D eigenvalue weighted by Gasteiger charge is 2.15. The number of aryl methyl sites for hydroxylation is 1. The SMILES string of the molecule is COc1cccc(F)c1C(C)NCCCn1cccn1. The number of aromatic nitrogens is 2. The van der Waals surface area contributed by atoms with Crippen LogP contribution in [0.5, 0.6) is 5.75 Å². The Balaban J connectivity index is 1.87. The molecule has 1 aromatic heterocycles. The van der Waals surface area contributed by atoms with E-state index < -0.39 is 0 Å². The Bertz CT molecular complexity index is 528. The number of benzene rings is 1. The predicted molar refractivity (Wildman–Crippen MR) is 76.2 cm³/mol. The van der Waals surface area contributed by atoms with Gasteiger partial charge in [0.05, 0.1) is 7.11 Å². The van der Waals surface area contributed by atoms with Crippen LogP contribution in [0.2, 0.25) is 0 Å². The summed E-state index contributed by atoms with van der Waals surface area (Å²) in [4.78, 5) is 0. The molecule has 0 fully saturated rings. The summed E-state index contributed by atoms with van der Waals surface area (Å²) < 4.78 is 21.0. The molecule has 0 aliphatic rings. The summed E-state index contributed by atoms with van der Waals surface area (Å²) in [6, 6.07) is 6.70. The van der Waals surface area contributed by atoms with Crippen molar-refractivity contribution in [2.45, 2.75) is 25.9 Å². The van der Waals surface area contributed by atoms with Crippen LogP contribution >= 0.6 is 0 Å². The fourth-order valence-electron chi connectivity index (χ4n) is 2.21. The molecule has 1 unspecified atom stereocenters. The van der Waals surface area contributed by atoms with E-state index in [-0.39, 0.29) is 11.9 Å². The Morgan fingerprint density at radius 2 is 2.25 bits per heavy atom. The highest BCUT2D eigenvalue weighted by atomic mass is 19.1. The molecule has 0 saturated heterocycles. The van der Waals surface area contributed by atoms with Crippen molar-refractivity contribution < 1.29 is 9.13 Å². The monoisotopic (exact) mass is 277 g/mol. The van der Waals surface area contributed by atoms with Gasteiger partial charge < -0.3 is 10.1 Å². The Morgan fingerprint density at radius 3 is 2.95 bits per heavy atom. The van der Waals surface area contributed by atoms with Gasteiger partial charge in [-0.1, -0.05) is 6.07 Å². The van der Waals surface area contributed by atoms with E-state index in [1.807, 2.05) is 23.9 Å². The molecule has 0 amide bonds. The van der Waals surface area contributed by atoms with Gasteiger partial charge in [0.2, 0.25) is 0 Å². The minimum Gasteiger partial charge on any atom is -0.496 e. The van der Waals surface area contributed by atoms with Gasteiger partial charge >= 0.3 is 0 Å². The smallest absolute Gasteiger partial charge is 0.131 e. The summed E-state index contributed by atoms with van der Waals surface area (Å²) >= 11 is 0. The molecule has 20 heavy (non-hydrogen) atoms. The topological polar surface area (TPSA) is 39.1 Å². The maximum Gasteiger partial charge on any atom is 0.131 e. The van der Waals surface area contributed by atoms with Gasteiger partial charge in [0.15, 0.2) is 0 Å². The van der Waals surface area contributed by atoms with Gasteiger partial charge in [0, 0.05) is 30.5 Å². The zero-order chi connectivity index (χ0) is 14.4. The molecule has 0 saturated carbocycles. The molecular weight excluding hydrogens is 257 g/mol. The van der Waals surface area contributed by atoms with E-state index >= 15 is 0 Å². The van der Waals surface area contributed by atoms with Crippen molar-refractivity contribution in [1.82, 2.24) is 15.1 Å². The average Bonchev–Trinajstić information content (AvgIpc) is 2.96. The number of hydrogen-bond donors (Lipinski definition) is 1. The summed E-state index contributed by atoms with van der Waals surface area (Å²) in [5.41, 5.74) is 0.578. The van der Waals surface area contributed by atoms with Gasteiger partial charge in [0.1, 0.15) is 11.6 Å². The van der Waals surface area contributed by atoms with Crippen molar-refractivity contribution >= 4 is 0 Å². The Kier molecular flexibility index (Phi) is 5.12. The highest BCUT2D eigenvalue weighted by Crippen LogP contribution is 2.27. The average molecular weight is 277 g/mol. The van der Waals surface area contributed by atoms with Crippen LogP contribution in [0, 0.1) is 5.82 Å². The van der Waals surface area contributed by atoms with Gasteiger partial charge in [-0.3, -0.25) is 4.68 Å². The standard InChI is InChI=1S/C15H20FN3O/c1-12(15-13(16)6-3-7-14(15)20-2)17-8-4-10-19-11-5-9-18-19/h3,5-7,9,11-12,17H,4,8,10H2,1-2H3. The number of nitrogens with zero attached hydrogens (tertiary/aromatic N) is 2. The first-order valence-electron chi connectivity index (χ1n) is 6.75. The predicted octanol–water partition coefficient (Wildman–Crippen LogP) is 2.77. The molecule has 108 valence electrons. The molecule has 4 nitrogen and oxygen atoms in total. The first-order chi connectivity index (χ1) is 9.72. The van der Waals surface area contributed by atoms with E-state index in [0.717, 1.165) is 19.5 Å². The molecule has 2 rings (SSSR count). The Labute approximate surface area is 118 Å². The van der Waals surface area contributed by atoms with Gasteiger partial charge in [0.25, 0.3) is 0 Å². The molecule has 1 N–H and O–H groups in total. The summed E-state index contributed by atoms with van der Waals surface area (Å²) in [6.07, 6.45) is 4.63. The molecular formula is C15H20FN3O. The van der Waals surface area contributed by atoms with Crippen LogP contribution in [0.1, 0.15) is 24.9 Å². The van der Waals surface area contributed by atoms with E-state index in [4.69, 9.17) is 4.74 Å². The zero-order valence-corrected chi connectivity index (χ0v) is 11.8. The first-order valence-corrected chi connectivity index (χ1v) is 6.75. The van der Waals surface area contributed by atoms with Crippen molar-refractivity contribution in [3.05, 3.63) is 48.0 Å². The van der Waals surface area contributed by atoms with Gasteiger partial charge in [-0.25, -0.2) is 4.39 Å². The lowest BCUT2D eigenvalue weighted by Crippen LogP contribution is -2.22. The Hall–Kier alpha value is -1.88. The second-order valence-electron chi connectivity index (χ2n) is 4.65. The fourth-order valence-corrected chi connectivity index (χ4v) is 2.21. The van der Waals surface area contributed by atoms with Crippen LogP contribution in [0.15, 0.2) is 36.7 Å². The third kappa shape index (κ3) is 3.57. The van der Waals surface area contributed by atoms with Gasteiger partial charge in [-0.05, 0) is 38.1 Å². The van der Waals surface area contributed by atoms with E-state index in [1.54, 1.807) is 25.4 Å². The number of methoxy groups -OCH3 is 1. The number of halogens is 1. The van der Waals surface area contributed by atoms with Crippen molar-refractivity contribution in [1.29, 1.82) is 0 Å². The van der Waals surface area contributed by atoms with E-state index in [0.29, 0.717) is 11.3 Å². The lowest BCUT2D eigenvalue weighted by molar-refractivity contribution is 0.392. The van der Waals surface area contributed by atoms with Crippen molar-refractivity contribution in [3.63, 3.8) is 0 Å². The highest BCUT2D eigenvalue weighted by molar-refractivity contribution is 5.36. The minimum absolute atomic E-state index is 0.0937. The van der Waals surface area contributed by atoms with Crippen molar-refractivity contribution in [2.75, 3.05) is 13.7 Å². The van der Waals surface area contributed by atoms with Crippen molar-refractivity contribution in [3.8, 4) is 5.75 Å². The molecule has 2 aromatic rings. The second kappa shape index (κ2) is 7.05. The number of hydrogen-bond acceptors (Lipinski definition) is 3. The molecule has 0 bridgehead atoms. The van der Waals surface area contributed by atoms with Gasteiger partial charge in [-0.15, -0.1) is 0 Å². The van der Waals surface area contributed by atoms with Crippen molar-refractivity contribution in [2.24, 2.45) is 0 Å². The number of ether oxygens (including phenoxy) is 1. The maximum atomic E-state index is 13.9. The van der Waals surface area contributed by atoms with Gasteiger partial charge in [-0.2, -0.15) is 5.10 Å². The van der Waals surface area contributed by atoms with Crippen LogP contribution < -0.4 is 10.1 Å². The normalized spacial score (nSPS) is 12.3. The lowest BCUT2D eigenvalue weighted by Gasteiger charge is -2.18. The quantitative estimate of drug-likeness (QED) is 0.791. The molecule has 0 spiro atoms. The maximum absolute atomic E-state index is 13.9. The summed E-state index contributed by atoms with van der Waals surface area (Å²) in [5, 5.41) is 7.46. The van der Waals surface area contributed by atoms with Crippen LogP contribution in [0.4, 0.5) is 4.39 Å². The van der Waals surface area contributed by atoms with E-state index in [1.165, 1.54) is 6.07 Å². The molecule has 0 radical (unpaired) electrons. The summed E-state index contributed by atoms with van der Waals surface area (Å²) in [7, 11) is 1.56. The van der Waals surface area contributed by atoms with E-state index in [9.17, 15) is 4.39 Å². The molecule has 0 aliphatic heterocycles. The van der Waals surface area contributed by atoms with E-state index in [2.05, 4.69) is 10.4 Å². The fraction of sp³-hybridized carbons (Fsp3) is 0.400. The summed E-state index contributed by atoms with van der Waals surface area (Å²) in [5.74, 6) is 0.341. The molecule has 1 atom stereocenters. The second-order valence-corrected chi connectivity index (χ2v) is 4.65. The third-order valence-electron chi connectivity index (χ3n) is 3.24. The number of rotatable bonds is 7. The minimum atomic E-state index is -0.239. The van der Waals surface area contributed by atoms with Crippen LogP contribution in [0.25, 0.3) is 0 Å². The third-order valence-corrected chi connectivity index (χ3v) is 3.24. The van der Waals surface area contributed by atoms with Crippen LogP contribution in [-0.4, -0.2) is 23.4 Å².